The first kappa shape index (κ1) is 16.0. The SMILES string of the molecule is CC(C)C(N)CCN(C)C1CCC(C(C)C)CC1. The van der Waals surface area contributed by atoms with Crippen LogP contribution in [-0.2, 0) is 0 Å². The number of nitrogens with zero attached hydrogens (tertiary/aromatic N) is 1. The van der Waals surface area contributed by atoms with Gasteiger partial charge >= 0.3 is 0 Å². The molecule has 1 unspecified atom stereocenters. The summed E-state index contributed by atoms with van der Waals surface area (Å²) < 4.78 is 0. The van der Waals surface area contributed by atoms with Crippen LogP contribution in [0.15, 0.2) is 0 Å². The van der Waals surface area contributed by atoms with Crippen LogP contribution in [0.5, 0.6) is 0 Å². The fourth-order valence-corrected chi connectivity index (χ4v) is 3.08. The highest BCUT2D eigenvalue weighted by Crippen LogP contribution is 2.31. The maximum absolute atomic E-state index is 6.13. The van der Waals surface area contributed by atoms with E-state index in [9.17, 15) is 0 Å². The first-order chi connectivity index (χ1) is 8.41. The Morgan fingerprint density at radius 1 is 1.06 bits per heavy atom. The van der Waals surface area contributed by atoms with Crippen molar-refractivity contribution in [3.63, 3.8) is 0 Å². The van der Waals surface area contributed by atoms with E-state index >= 15 is 0 Å². The molecule has 0 spiro atoms. The van der Waals surface area contributed by atoms with Gasteiger partial charge in [0, 0.05) is 12.1 Å². The van der Waals surface area contributed by atoms with Gasteiger partial charge in [-0.15, -0.1) is 0 Å². The third kappa shape index (κ3) is 4.89. The normalized spacial score (nSPS) is 27.2. The minimum Gasteiger partial charge on any atom is -0.327 e. The van der Waals surface area contributed by atoms with E-state index in [0.29, 0.717) is 12.0 Å². The molecule has 0 saturated heterocycles. The number of hydrogen-bond acceptors (Lipinski definition) is 2. The van der Waals surface area contributed by atoms with Crippen LogP contribution < -0.4 is 5.73 Å². The number of rotatable bonds is 6. The van der Waals surface area contributed by atoms with E-state index in [1.807, 2.05) is 0 Å². The van der Waals surface area contributed by atoms with E-state index in [4.69, 9.17) is 5.73 Å². The average Bonchev–Trinajstić information content (AvgIpc) is 2.35. The smallest absolute Gasteiger partial charge is 0.00924 e. The van der Waals surface area contributed by atoms with Crippen LogP contribution in [0.25, 0.3) is 0 Å². The highest BCUT2D eigenvalue weighted by molar-refractivity contribution is 4.80. The van der Waals surface area contributed by atoms with Gasteiger partial charge in [0.1, 0.15) is 0 Å². The first-order valence-electron chi connectivity index (χ1n) is 7.87. The zero-order chi connectivity index (χ0) is 13.7. The lowest BCUT2D eigenvalue weighted by Crippen LogP contribution is -2.39. The van der Waals surface area contributed by atoms with Gasteiger partial charge in [-0.05, 0) is 63.5 Å². The summed E-state index contributed by atoms with van der Waals surface area (Å²) in [6.45, 7) is 10.3. The van der Waals surface area contributed by atoms with Gasteiger partial charge < -0.3 is 10.6 Å². The molecule has 0 bridgehead atoms. The maximum Gasteiger partial charge on any atom is 0.00924 e. The third-order valence-corrected chi connectivity index (χ3v) is 4.98. The van der Waals surface area contributed by atoms with Crippen LogP contribution in [0, 0.1) is 17.8 Å². The molecular weight excluding hydrogens is 220 g/mol. The molecule has 0 aromatic rings. The molecule has 1 saturated carbocycles. The monoisotopic (exact) mass is 254 g/mol. The van der Waals surface area contributed by atoms with Crippen molar-refractivity contribution in [1.82, 2.24) is 4.90 Å². The van der Waals surface area contributed by atoms with Crippen LogP contribution >= 0.6 is 0 Å². The van der Waals surface area contributed by atoms with Crippen LogP contribution in [0.2, 0.25) is 0 Å². The second-order valence-electron chi connectivity index (χ2n) is 6.99. The second-order valence-corrected chi connectivity index (χ2v) is 6.99. The summed E-state index contributed by atoms with van der Waals surface area (Å²) in [5.74, 6) is 2.44. The molecule has 0 radical (unpaired) electrons. The predicted molar refractivity (Wildman–Crippen MR) is 80.6 cm³/mol. The van der Waals surface area contributed by atoms with Crippen molar-refractivity contribution in [3.8, 4) is 0 Å². The van der Waals surface area contributed by atoms with Gasteiger partial charge in [-0.25, -0.2) is 0 Å². The quantitative estimate of drug-likeness (QED) is 0.786. The maximum atomic E-state index is 6.13. The zero-order valence-corrected chi connectivity index (χ0v) is 13.2. The van der Waals surface area contributed by atoms with Crippen molar-refractivity contribution in [2.24, 2.45) is 23.5 Å². The number of nitrogens with two attached hydrogens (primary N) is 1. The van der Waals surface area contributed by atoms with Crippen LogP contribution in [-0.4, -0.2) is 30.6 Å². The van der Waals surface area contributed by atoms with Crippen molar-refractivity contribution < 1.29 is 0 Å². The van der Waals surface area contributed by atoms with Gasteiger partial charge in [0.25, 0.3) is 0 Å². The minimum absolute atomic E-state index is 0.361. The molecule has 18 heavy (non-hydrogen) atoms. The van der Waals surface area contributed by atoms with Crippen molar-refractivity contribution in [3.05, 3.63) is 0 Å². The molecule has 0 amide bonds. The summed E-state index contributed by atoms with van der Waals surface area (Å²) in [6.07, 6.45) is 6.75. The van der Waals surface area contributed by atoms with Gasteiger partial charge in [-0.1, -0.05) is 27.7 Å². The van der Waals surface area contributed by atoms with Crippen molar-refractivity contribution >= 4 is 0 Å². The Hall–Kier alpha value is -0.0800. The van der Waals surface area contributed by atoms with Crippen LogP contribution in [0.1, 0.15) is 59.8 Å². The summed E-state index contributed by atoms with van der Waals surface area (Å²) in [5, 5.41) is 0. The second kappa shape index (κ2) is 7.49. The van der Waals surface area contributed by atoms with Crippen molar-refractivity contribution in [1.29, 1.82) is 0 Å². The summed E-state index contributed by atoms with van der Waals surface area (Å²) >= 11 is 0. The first-order valence-corrected chi connectivity index (χ1v) is 7.87. The van der Waals surface area contributed by atoms with E-state index in [2.05, 4.69) is 39.6 Å². The molecule has 1 atom stereocenters. The summed E-state index contributed by atoms with van der Waals surface area (Å²) in [4.78, 5) is 2.55. The summed E-state index contributed by atoms with van der Waals surface area (Å²) in [6, 6.07) is 1.17. The van der Waals surface area contributed by atoms with Gasteiger partial charge in [0.15, 0.2) is 0 Å². The van der Waals surface area contributed by atoms with E-state index in [1.54, 1.807) is 0 Å². The predicted octanol–water partition coefficient (Wildman–Crippen LogP) is 3.51. The molecule has 0 aromatic heterocycles. The third-order valence-electron chi connectivity index (χ3n) is 4.98. The lowest BCUT2D eigenvalue weighted by Gasteiger charge is -2.36. The van der Waals surface area contributed by atoms with Crippen LogP contribution in [0.3, 0.4) is 0 Å². The van der Waals surface area contributed by atoms with E-state index in [-0.39, 0.29) is 0 Å². The lowest BCUT2D eigenvalue weighted by molar-refractivity contribution is 0.142. The molecule has 1 fully saturated rings. The minimum atomic E-state index is 0.361. The molecule has 108 valence electrons. The molecule has 2 nitrogen and oxygen atoms in total. The molecule has 1 rings (SSSR count). The van der Waals surface area contributed by atoms with Gasteiger partial charge in [-0.2, -0.15) is 0 Å². The highest BCUT2D eigenvalue weighted by atomic mass is 15.1. The molecule has 0 aromatic carbocycles. The molecule has 2 heteroatoms. The van der Waals surface area contributed by atoms with E-state index in [1.165, 1.54) is 25.7 Å². The molecular formula is C16H34N2. The van der Waals surface area contributed by atoms with Crippen molar-refractivity contribution in [2.75, 3.05) is 13.6 Å². The zero-order valence-electron chi connectivity index (χ0n) is 13.2. The Labute approximate surface area is 114 Å². The van der Waals surface area contributed by atoms with Crippen LogP contribution in [0.4, 0.5) is 0 Å². The van der Waals surface area contributed by atoms with E-state index in [0.717, 1.165) is 30.8 Å². The molecule has 1 aliphatic rings. The number of hydrogen-bond donors (Lipinski definition) is 1. The molecule has 0 heterocycles. The highest BCUT2D eigenvalue weighted by Gasteiger charge is 2.25. The molecule has 2 N–H and O–H groups in total. The summed E-state index contributed by atoms with van der Waals surface area (Å²) in [5.41, 5.74) is 6.13. The molecule has 1 aliphatic carbocycles. The lowest BCUT2D eigenvalue weighted by atomic mass is 9.79. The van der Waals surface area contributed by atoms with Crippen molar-refractivity contribution in [2.45, 2.75) is 71.9 Å². The standard InChI is InChI=1S/C16H34N2/c1-12(2)14-6-8-15(9-7-14)18(5)11-10-16(17)13(3)4/h12-16H,6-11,17H2,1-5H3. The largest absolute Gasteiger partial charge is 0.327 e. The van der Waals surface area contributed by atoms with Gasteiger partial charge in [-0.3, -0.25) is 0 Å². The fourth-order valence-electron chi connectivity index (χ4n) is 3.08. The Morgan fingerprint density at radius 3 is 2.06 bits per heavy atom. The Morgan fingerprint density at radius 2 is 1.61 bits per heavy atom. The Bertz CT molecular complexity index is 217. The van der Waals surface area contributed by atoms with Gasteiger partial charge in [0.2, 0.25) is 0 Å². The van der Waals surface area contributed by atoms with E-state index < -0.39 is 0 Å². The Kier molecular flexibility index (Phi) is 6.65. The summed E-state index contributed by atoms with van der Waals surface area (Å²) in [7, 11) is 2.29. The Balaban J connectivity index is 2.25. The molecule has 0 aliphatic heterocycles. The van der Waals surface area contributed by atoms with Gasteiger partial charge in [0.05, 0.1) is 0 Å². The fraction of sp³-hybridized carbons (Fsp3) is 1.00. The topological polar surface area (TPSA) is 29.3 Å². The average molecular weight is 254 g/mol.